The maximum Gasteiger partial charge on any atom is 0.304 e. The van der Waals surface area contributed by atoms with Crippen LogP contribution in [-0.4, -0.2) is 64.4 Å². The number of benzene rings is 2. The third-order valence-corrected chi connectivity index (χ3v) is 9.90. The number of fused-ring (bicyclic) bond motifs is 2. The molecule has 6 rings (SSSR count). The first-order valence-corrected chi connectivity index (χ1v) is 14.8. The summed E-state index contributed by atoms with van der Waals surface area (Å²) in [6.45, 7) is 4.60. The van der Waals surface area contributed by atoms with Crippen molar-refractivity contribution in [1.29, 1.82) is 0 Å². The van der Waals surface area contributed by atoms with Crippen LogP contribution in [0.5, 0.6) is 5.75 Å². The summed E-state index contributed by atoms with van der Waals surface area (Å²) >= 11 is 0. The van der Waals surface area contributed by atoms with E-state index in [9.17, 15) is 27.8 Å². The number of para-hydroxylation sites is 1. The molecule has 0 amide bonds. The Kier molecular flexibility index (Phi) is 7.18. The van der Waals surface area contributed by atoms with Crippen LogP contribution in [0.4, 0.5) is 8.78 Å². The highest BCUT2D eigenvalue weighted by molar-refractivity contribution is 8.22. The number of hydrogen-bond donors (Lipinski definition) is 3. The molecule has 1 saturated heterocycles. The summed E-state index contributed by atoms with van der Waals surface area (Å²) in [5.74, 6) is -1.73. The van der Waals surface area contributed by atoms with Crippen molar-refractivity contribution in [2.45, 2.75) is 49.7 Å². The van der Waals surface area contributed by atoms with Crippen LogP contribution in [0.25, 0.3) is 5.65 Å². The highest BCUT2D eigenvalue weighted by Crippen LogP contribution is 2.59. The number of aryl methyl sites for hydroxylation is 2. The predicted molar refractivity (Wildman–Crippen MR) is 150 cm³/mol. The van der Waals surface area contributed by atoms with Gasteiger partial charge in [0.25, 0.3) is 6.43 Å². The molecule has 2 aromatic carbocycles. The van der Waals surface area contributed by atoms with Gasteiger partial charge in [0.15, 0.2) is 11.2 Å². The fourth-order valence-corrected chi connectivity index (χ4v) is 7.35. The Morgan fingerprint density at radius 2 is 1.88 bits per heavy atom. The van der Waals surface area contributed by atoms with Crippen LogP contribution in [-0.2, 0) is 16.1 Å². The van der Waals surface area contributed by atoms with Crippen molar-refractivity contribution in [3.63, 3.8) is 0 Å². The minimum Gasteiger partial charge on any atom is -0.481 e. The second-order valence-corrected chi connectivity index (χ2v) is 12.8. The van der Waals surface area contributed by atoms with E-state index in [2.05, 4.69) is 10.2 Å². The van der Waals surface area contributed by atoms with E-state index in [1.54, 1.807) is 41.6 Å². The van der Waals surface area contributed by atoms with Crippen LogP contribution in [0.3, 0.4) is 0 Å². The van der Waals surface area contributed by atoms with Crippen LogP contribution in [0, 0.1) is 13.8 Å². The Morgan fingerprint density at radius 3 is 2.57 bits per heavy atom. The number of hydrogen-bond acceptors (Lipinski definition) is 8. The summed E-state index contributed by atoms with van der Waals surface area (Å²) in [4.78, 5) is 12.3. The fourth-order valence-electron chi connectivity index (χ4n) is 5.69. The van der Waals surface area contributed by atoms with E-state index >= 15 is 0 Å². The maximum atomic E-state index is 13.4. The van der Waals surface area contributed by atoms with Gasteiger partial charge in [-0.2, -0.15) is 4.31 Å². The molecule has 2 aliphatic rings. The van der Waals surface area contributed by atoms with E-state index in [1.807, 2.05) is 25.1 Å². The van der Waals surface area contributed by atoms with Crippen LogP contribution < -0.4 is 4.74 Å². The zero-order valence-electron chi connectivity index (χ0n) is 22.9. The topological polar surface area (TPSA) is 130 Å². The zero-order chi connectivity index (χ0) is 29.8. The van der Waals surface area contributed by atoms with E-state index in [-0.39, 0.29) is 25.2 Å². The second-order valence-electron chi connectivity index (χ2n) is 10.8. The van der Waals surface area contributed by atoms with E-state index in [0.29, 0.717) is 40.5 Å². The lowest BCUT2D eigenvalue weighted by Crippen LogP contribution is -2.60. The monoisotopic (exact) mass is 600 g/mol. The Balaban J connectivity index is 1.39. The van der Waals surface area contributed by atoms with E-state index in [0.717, 1.165) is 11.1 Å². The van der Waals surface area contributed by atoms with Crippen molar-refractivity contribution in [1.82, 2.24) is 18.9 Å². The third-order valence-electron chi connectivity index (χ3n) is 7.99. The molecule has 2 aliphatic heterocycles. The van der Waals surface area contributed by atoms with Crippen molar-refractivity contribution in [3.8, 4) is 5.75 Å². The number of carboxylic acid groups (broad SMARTS) is 1. The number of carboxylic acids is 1. The number of alkyl halides is 2. The predicted octanol–water partition coefficient (Wildman–Crippen LogP) is 5.58. The number of aliphatic carboxylic acids is 1. The smallest absolute Gasteiger partial charge is 0.304 e. The number of halogens is 2. The average molecular weight is 601 g/mol. The van der Waals surface area contributed by atoms with Crippen LogP contribution in [0.2, 0.25) is 0 Å². The van der Waals surface area contributed by atoms with Crippen molar-refractivity contribution < 1.29 is 37.3 Å². The van der Waals surface area contributed by atoms with Gasteiger partial charge < -0.3 is 14.6 Å². The summed E-state index contributed by atoms with van der Waals surface area (Å²) in [6, 6.07) is 14.1. The molecule has 0 aliphatic carbocycles. The summed E-state index contributed by atoms with van der Waals surface area (Å²) in [5, 5.41) is 17.4. The minimum atomic E-state index is -3.44. The number of carbonyl (C=O) groups is 1. The quantitative estimate of drug-likeness (QED) is 0.249. The van der Waals surface area contributed by atoms with Gasteiger partial charge in [-0.1, -0.05) is 30.3 Å². The minimum absolute atomic E-state index is 0.154. The Hall–Kier alpha value is -3.62. The van der Waals surface area contributed by atoms with E-state index in [1.165, 1.54) is 10.6 Å². The van der Waals surface area contributed by atoms with Crippen LogP contribution in [0.1, 0.15) is 52.4 Å². The van der Waals surface area contributed by atoms with Crippen LogP contribution >= 0.6 is 10.8 Å². The Labute approximate surface area is 242 Å². The Morgan fingerprint density at radius 1 is 1.12 bits per heavy atom. The SMILES string of the molecule is Cc1ccc(C(CC(=O)O)c2ccn3c(C(F)F)nnc3c2C)cc1CN1CC2(COC2)Oc2ccccc2S1(O)O. The van der Waals surface area contributed by atoms with Gasteiger partial charge >= 0.3 is 5.97 Å². The summed E-state index contributed by atoms with van der Waals surface area (Å²) < 4.78 is 64.4. The highest BCUT2D eigenvalue weighted by Gasteiger charge is 2.49. The van der Waals surface area contributed by atoms with Gasteiger partial charge in [0.05, 0.1) is 26.2 Å². The Bertz CT molecular complexity index is 1680. The van der Waals surface area contributed by atoms with E-state index < -0.39 is 40.5 Å². The molecule has 10 nitrogen and oxygen atoms in total. The normalized spacial score (nSPS) is 19.1. The lowest BCUT2D eigenvalue weighted by molar-refractivity contribution is -0.165. The van der Waals surface area contributed by atoms with Crippen molar-refractivity contribution in [3.05, 3.63) is 88.4 Å². The highest BCUT2D eigenvalue weighted by atomic mass is 32.3. The van der Waals surface area contributed by atoms with Crippen molar-refractivity contribution in [2.75, 3.05) is 19.8 Å². The van der Waals surface area contributed by atoms with Crippen molar-refractivity contribution in [2.24, 2.45) is 0 Å². The molecule has 1 atom stereocenters. The standard InChI is InChI=1S/C29H30F2N4O6S/c1-17-7-8-19(22(12-25(36)37)21-9-10-35-27(18(21)2)32-33-28(35)26(30)31)11-20(17)13-34-14-29(15-40-16-29)41-23-5-3-4-6-24(23)42(34,38)39/h3-11,22,26,38-39H,12-16H2,1-2H3,(H,36,37). The molecular formula is C29H30F2N4O6S. The molecule has 0 radical (unpaired) electrons. The van der Waals surface area contributed by atoms with Gasteiger partial charge in [0.2, 0.25) is 5.82 Å². The summed E-state index contributed by atoms with van der Waals surface area (Å²) in [5.41, 5.74) is 3.02. The number of ether oxygens (including phenoxy) is 2. The van der Waals surface area contributed by atoms with Crippen LogP contribution in [0.15, 0.2) is 59.6 Å². The molecule has 13 heteroatoms. The molecule has 3 N–H and O–H groups in total. The van der Waals surface area contributed by atoms with Gasteiger partial charge in [0, 0.05) is 18.7 Å². The van der Waals surface area contributed by atoms with Crippen molar-refractivity contribution >= 4 is 22.4 Å². The fraction of sp³-hybridized carbons (Fsp3) is 0.345. The zero-order valence-corrected chi connectivity index (χ0v) is 23.7. The molecule has 4 aromatic rings. The molecule has 0 bridgehead atoms. The number of aromatic nitrogens is 3. The molecule has 1 spiro atoms. The molecule has 222 valence electrons. The molecule has 42 heavy (non-hydrogen) atoms. The number of nitrogens with zero attached hydrogens (tertiary/aromatic N) is 4. The molecule has 2 aromatic heterocycles. The first-order chi connectivity index (χ1) is 20.0. The van der Waals surface area contributed by atoms with Gasteiger partial charge in [-0.05, 0) is 59.9 Å². The summed E-state index contributed by atoms with van der Waals surface area (Å²) in [7, 11) is -3.44. The number of pyridine rings is 1. The average Bonchev–Trinajstić information content (AvgIpc) is 3.33. The first-order valence-electron chi connectivity index (χ1n) is 13.3. The second kappa shape index (κ2) is 10.6. The van der Waals surface area contributed by atoms with Gasteiger partial charge in [-0.3, -0.25) is 18.3 Å². The third kappa shape index (κ3) is 4.90. The van der Waals surface area contributed by atoms with Gasteiger partial charge in [-0.25, -0.2) is 8.78 Å². The molecule has 4 heterocycles. The lowest BCUT2D eigenvalue weighted by Gasteiger charge is -2.46. The molecule has 1 fully saturated rings. The largest absolute Gasteiger partial charge is 0.481 e. The summed E-state index contributed by atoms with van der Waals surface area (Å²) in [6.07, 6.45) is -1.63. The molecule has 0 saturated carbocycles. The van der Waals surface area contributed by atoms with Gasteiger partial charge in [0.1, 0.15) is 10.6 Å². The lowest BCUT2D eigenvalue weighted by atomic mass is 9.85. The number of rotatable bonds is 7. The maximum absolute atomic E-state index is 13.4. The molecular weight excluding hydrogens is 570 g/mol. The van der Waals surface area contributed by atoms with E-state index in [4.69, 9.17) is 9.47 Å². The molecule has 1 unspecified atom stereocenters. The van der Waals surface area contributed by atoms with Gasteiger partial charge in [-0.15, -0.1) is 21.0 Å². The first kappa shape index (κ1) is 28.5.